The van der Waals surface area contributed by atoms with Crippen molar-refractivity contribution in [2.24, 2.45) is 0 Å². The molecule has 0 aliphatic heterocycles. The van der Waals surface area contributed by atoms with Crippen molar-refractivity contribution in [1.29, 1.82) is 0 Å². The third-order valence-electron chi connectivity index (χ3n) is 5.33. The first-order valence-corrected chi connectivity index (χ1v) is 9.62. The summed E-state index contributed by atoms with van der Waals surface area (Å²) in [7, 11) is 2.16. The molecule has 0 bridgehead atoms. The van der Waals surface area contributed by atoms with Crippen molar-refractivity contribution in [2.75, 3.05) is 20.1 Å². The maximum absolute atomic E-state index is 13.6. The second kappa shape index (κ2) is 9.00. The zero-order chi connectivity index (χ0) is 19.2. The van der Waals surface area contributed by atoms with Gasteiger partial charge in [0.05, 0.1) is 0 Å². The molecular formula is C22H27FN2O2. The number of phenolic OH excluding ortho intramolecular Hbond substituents is 1. The van der Waals surface area contributed by atoms with E-state index in [1.165, 1.54) is 37.8 Å². The predicted octanol–water partition coefficient (Wildman–Crippen LogP) is 4.19. The summed E-state index contributed by atoms with van der Waals surface area (Å²) in [5.41, 5.74) is 1.91. The Hall–Kier alpha value is -2.40. The molecule has 5 heteroatoms. The van der Waals surface area contributed by atoms with Crippen LogP contribution in [0.25, 0.3) is 11.1 Å². The van der Waals surface area contributed by atoms with Crippen molar-refractivity contribution in [2.45, 2.75) is 38.1 Å². The van der Waals surface area contributed by atoms with Gasteiger partial charge < -0.3 is 15.3 Å². The Morgan fingerprint density at radius 1 is 1.19 bits per heavy atom. The van der Waals surface area contributed by atoms with Gasteiger partial charge in [-0.15, -0.1) is 0 Å². The van der Waals surface area contributed by atoms with Crippen LogP contribution >= 0.6 is 0 Å². The fourth-order valence-electron chi connectivity index (χ4n) is 3.69. The quantitative estimate of drug-likeness (QED) is 0.719. The molecule has 0 unspecified atom stereocenters. The van der Waals surface area contributed by atoms with Crippen LogP contribution in [0.2, 0.25) is 0 Å². The molecule has 0 aromatic heterocycles. The second-order valence-corrected chi connectivity index (χ2v) is 7.28. The van der Waals surface area contributed by atoms with E-state index in [2.05, 4.69) is 17.3 Å². The zero-order valence-electron chi connectivity index (χ0n) is 15.7. The van der Waals surface area contributed by atoms with Crippen LogP contribution in [-0.4, -0.2) is 42.1 Å². The van der Waals surface area contributed by atoms with Crippen molar-refractivity contribution in [3.63, 3.8) is 0 Å². The summed E-state index contributed by atoms with van der Waals surface area (Å²) in [5, 5.41) is 12.3. The number of hydrogen-bond acceptors (Lipinski definition) is 3. The van der Waals surface area contributed by atoms with Gasteiger partial charge in [0, 0.05) is 18.2 Å². The molecule has 0 spiro atoms. The van der Waals surface area contributed by atoms with Gasteiger partial charge >= 0.3 is 0 Å². The second-order valence-electron chi connectivity index (χ2n) is 7.28. The predicted molar refractivity (Wildman–Crippen MR) is 105 cm³/mol. The van der Waals surface area contributed by atoms with Crippen molar-refractivity contribution < 1.29 is 14.3 Å². The normalized spacial score (nSPS) is 14.6. The first-order chi connectivity index (χ1) is 13.0. The first kappa shape index (κ1) is 19.4. The zero-order valence-corrected chi connectivity index (χ0v) is 15.7. The van der Waals surface area contributed by atoms with E-state index < -0.39 is 5.82 Å². The minimum atomic E-state index is -0.672. The molecule has 0 saturated heterocycles. The number of nitrogens with one attached hydrogen (secondary N) is 1. The van der Waals surface area contributed by atoms with Crippen LogP contribution in [0.4, 0.5) is 4.39 Å². The molecule has 2 N–H and O–H groups in total. The molecule has 144 valence electrons. The lowest BCUT2D eigenvalue weighted by Crippen LogP contribution is -2.33. The monoisotopic (exact) mass is 370 g/mol. The van der Waals surface area contributed by atoms with Gasteiger partial charge in [-0.3, -0.25) is 4.79 Å². The fourth-order valence-corrected chi connectivity index (χ4v) is 3.69. The highest BCUT2D eigenvalue weighted by Gasteiger charge is 2.18. The van der Waals surface area contributed by atoms with Crippen molar-refractivity contribution >= 4 is 5.91 Å². The van der Waals surface area contributed by atoms with E-state index in [0.29, 0.717) is 23.7 Å². The van der Waals surface area contributed by atoms with Gasteiger partial charge in [-0.2, -0.15) is 0 Å². The molecule has 1 aliphatic rings. The molecule has 27 heavy (non-hydrogen) atoms. The Bertz CT molecular complexity index is 788. The summed E-state index contributed by atoms with van der Waals surface area (Å²) < 4.78 is 13.6. The molecular weight excluding hydrogens is 343 g/mol. The van der Waals surface area contributed by atoms with Gasteiger partial charge in [0.2, 0.25) is 0 Å². The summed E-state index contributed by atoms with van der Waals surface area (Å²) >= 11 is 0. The average Bonchev–Trinajstić information content (AvgIpc) is 3.22. The van der Waals surface area contributed by atoms with Crippen molar-refractivity contribution in [3.05, 3.63) is 53.8 Å². The van der Waals surface area contributed by atoms with E-state index in [0.717, 1.165) is 18.5 Å². The average molecular weight is 370 g/mol. The van der Waals surface area contributed by atoms with E-state index in [9.17, 15) is 14.3 Å². The Morgan fingerprint density at radius 3 is 2.67 bits per heavy atom. The minimum absolute atomic E-state index is 0.125. The number of nitrogens with zero attached hydrogens (tertiary/aromatic N) is 1. The highest BCUT2D eigenvalue weighted by atomic mass is 19.1. The summed E-state index contributed by atoms with van der Waals surface area (Å²) in [4.78, 5) is 14.8. The Balaban J connectivity index is 1.53. The molecule has 1 aliphatic carbocycles. The number of carbonyl (C=O) groups excluding carboxylic acids is 1. The van der Waals surface area contributed by atoms with Gasteiger partial charge in [0.15, 0.2) is 11.6 Å². The maximum Gasteiger partial charge on any atom is 0.251 e. The number of aromatic hydroxyl groups is 1. The number of halogens is 1. The topological polar surface area (TPSA) is 52.6 Å². The number of phenols is 1. The number of benzene rings is 2. The first-order valence-electron chi connectivity index (χ1n) is 9.62. The van der Waals surface area contributed by atoms with Crippen LogP contribution in [0.3, 0.4) is 0 Å². The lowest BCUT2D eigenvalue weighted by molar-refractivity contribution is 0.0951. The van der Waals surface area contributed by atoms with Gasteiger partial charge in [0.25, 0.3) is 5.91 Å². The lowest BCUT2D eigenvalue weighted by Gasteiger charge is -2.23. The largest absolute Gasteiger partial charge is 0.505 e. The summed E-state index contributed by atoms with van der Waals surface area (Å²) in [5.74, 6) is -1.18. The van der Waals surface area contributed by atoms with E-state index in [-0.39, 0.29) is 11.7 Å². The Morgan fingerprint density at radius 2 is 1.93 bits per heavy atom. The number of carbonyl (C=O) groups is 1. The van der Waals surface area contributed by atoms with Crippen LogP contribution in [0.15, 0.2) is 42.5 Å². The SMILES string of the molecule is CN(CCCNC(=O)c1cccc(-c2ccc(O)c(F)c2)c1)C1CCCC1. The third-order valence-corrected chi connectivity index (χ3v) is 5.33. The molecule has 0 heterocycles. The minimum Gasteiger partial charge on any atom is -0.505 e. The molecule has 0 radical (unpaired) electrons. The molecule has 0 atom stereocenters. The molecule has 2 aromatic rings. The highest BCUT2D eigenvalue weighted by molar-refractivity contribution is 5.95. The summed E-state index contributed by atoms with van der Waals surface area (Å²) in [6.45, 7) is 1.62. The summed E-state index contributed by atoms with van der Waals surface area (Å²) in [6, 6.07) is 12.0. The number of amides is 1. The van der Waals surface area contributed by atoms with E-state index >= 15 is 0 Å². The maximum atomic E-state index is 13.6. The van der Waals surface area contributed by atoms with Crippen LogP contribution in [0.1, 0.15) is 42.5 Å². The van der Waals surface area contributed by atoms with Crippen LogP contribution < -0.4 is 5.32 Å². The number of hydrogen-bond donors (Lipinski definition) is 2. The van der Waals surface area contributed by atoms with Crippen LogP contribution in [-0.2, 0) is 0 Å². The van der Waals surface area contributed by atoms with Crippen molar-refractivity contribution in [1.82, 2.24) is 10.2 Å². The molecule has 1 fully saturated rings. The van der Waals surface area contributed by atoms with Gasteiger partial charge in [-0.05, 0) is 68.2 Å². The van der Waals surface area contributed by atoms with Gasteiger partial charge in [-0.1, -0.05) is 31.0 Å². The van der Waals surface area contributed by atoms with Crippen molar-refractivity contribution in [3.8, 4) is 16.9 Å². The Kier molecular flexibility index (Phi) is 6.45. The molecule has 3 rings (SSSR count). The van der Waals surface area contributed by atoms with E-state index in [1.807, 2.05) is 6.07 Å². The number of rotatable bonds is 7. The molecule has 1 amide bonds. The van der Waals surface area contributed by atoms with E-state index in [4.69, 9.17) is 0 Å². The molecule has 4 nitrogen and oxygen atoms in total. The highest BCUT2D eigenvalue weighted by Crippen LogP contribution is 2.25. The Labute approximate surface area is 160 Å². The van der Waals surface area contributed by atoms with Crippen LogP contribution in [0, 0.1) is 5.82 Å². The fraction of sp³-hybridized carbons (Fsp3) is 0.409. The molecule has 2 aromatic carbocycles. The smallest absolute Gasteiger partial charge is 0.251 e. The summed E-state index contributed by atoms with van der Waals surface area (Å²) in [6.07, 6.45) is 6.14. The van der Waals surface area contributed by atoms with Gasteiger partial charge in [0.1, 0.15) is 0 Å². The standard InChI is InChI=1S/C22H27FN2O2/c1-25(19-8-2-3-9-19)13-5-12-24-22(27)18-7-4-6-16(14-18)17-10-11-21(26)20(23)15-17/h4,6-7,10-11,14-15,19,26H,2-3,5,8-9,12-13H2,1H3,(H,24,27). The third kappa shape index (κ3) is 5.07. The lowest BCUT2D eigenvalue weighted by atomic mass is 10.0. The molecule has 1 saturated carbocycles. The van der Waals surface area contributed by atoms with E-state index in [1.54, 1.807) is 24.3 Å². The van der Waals surface area contributed by atoms with Crippen LogP contribution in [0.5, 0.6) is 5.75 Å². The van der Waals surface area contributed by atoms with Gasteiger partial charge in [-0.25, -0.2) is 4.39 Å².